The summed E-state index contributed by atoms with van der Waals surface area (Å²) >= 11 is 0. The van der Waals surface area contributed by atoms with Crippen molar-refractivity contribution in [2.75, 3.05) is 0 Å². The second-order valence-electron chi connectivity index (χ2n) is 10.3. The summed E-state index contributed by atoms with van der Waals surface area (Å²) in [6, 6.07) is 8.38. The normalized spacial score (nSPS) is 15.0. The van der Waals surface area contributed by atoms with E-state index in [9.17, 15) is 38.0 Å². The summed E-state index contributed by atoms with van der Waals surface area (Å²) < 4.78 is 79.7. The number of ether oxygens (including phenoxy) is 4. The average Bonchev–Trinajstić information content (AvgIpc) is 2.97. The molecule has 0 aliphatic carbocycles. The predicted octanol–water partition coefficient (Wildman–Crippen LogP) is 6.25. The van der Waals surface area contributed by atoms with Crippen molar-refractivity contribution in [1.82, 2.24) is 0 Å². The summed E-state index contributed by atoms with van der Waals surface area (Å²) in [5.41, 5.74) is 0.443. The number of phenols is 4. The van der Waals surface area contributed by atoms with Crippen molar-refractivity contribution in [2.24, 2.45) is 0 Å². The molecule has 4 aromatic carbocycles. The van der Waals surface area contributed by atoms with Crippen LogP contribution in [0, 0.1) is 23.3 Å². The molecule has 0 unspecified atom stereocenters. The minimum atomic E-state index is -0.696. The fourth-order valence-corrected chi connectivity index (χ4v) is 4.83. The van der Waals surface area contributed by atoms with Crippen LogP contribution < -0.4 is 0 Å². The Morgan fingerprint density at radius 1 is 0.318 bits per heavy atom. The summed E-state index contributed by atoms with van der Waals surface area (Å²) in [5, 5.41) is 42.7. The van der Waals surface area contributed by atoms with E-state index < -0.39 is 23.3 Å². The lowest BCUT2D eigenvalue weighted by Gasteiger charge is -2.15. The van der Waals surface area contributed by atoms with Gasteiger partial charge in [0.25, 0.3) is 0 Å². The largest absolute Gasteiger partial charge is 0.507 e. The maximum Gasteiger partial charge on any atom is 0.126 e. The van der Waals surface area contributed by atoms with Crippen molar-refractivity contribution < 1.29 is 56.9 Å². The van der Waals surface area contributed by atoms with Gasteiger partial charge in [0.1, 0.15) is 46.3 Å². The first kappa shape index (κ1) is 31.1. The van der Waals surface area contributed by atoms with Gasteiger partial charge in [0.05, 0.1) is 52.9 Å². The molecule has 8 bridgehead atoms. The highest BCUT2D eigenvalue weighted by Crippen LogP contribution is 2.32. The molecule has 0 saturated heterocycles. The second-order valence-corrected chi connectivity index (χ2v) is 10.3. The van der Waals surface area contributed by atoms with E-state index in [-0.39, 0.29) is 120 Å². The third-order valence-electron chi connectivity index (χ3n) is 6.99. The van der Waals surface area contributed by atoms with Crippen LogP contribution in [-0.4, -0.2) is 20.4 Å². The molecule has 0 aromatic heterocycles. The highest BCUT2D eigenvalue weighted by atomic mass is 19.1. The van der Waals surface area contributed by atoms with Gasteiger partial charge in [-0.25, -0.2) is 17.6 Å². The maximum absolute atomic E-state index is 14.4. The number of halogens is 4. The SMILES string of the molecule is Oc1c2cc(F)cc1COCc1cc(F)cc(c1O)COCc1cc(F)cc(c1O)COCc1cc(F)cc(c1O)COC2. The zero-order valence-electron chi connectivity index (χ0n) is 23.2. The van der Waals surface area contributed by atoms with E-state index in [1.807, 2.05) is 0 Å². The molecule has 0 fully saturated rings. The third kappa shape index (κ3) is 7.22. The Labute approximate surface area is 249 Å². The van der Waals surface area contributed by atoms with Crippen LogP contribution in [0.1, 0.15) is 44.5 Å². The van der Waals surface area contributed by atoms with Crippen molar-refractivity contribution in [3.63, 3.8) is 0 Å². The first-order valence-corrected chi connectivity index (χ1v) is 13.4. The van der Waals surface area contributed by atoms with Crippen LogP contribution >= 0.6 is 0 Å². The Morgan fingerprint density at radius 2 is 0.455 bits per heavy atom. The standard InChI is InChI=1S/C32H28F4O8/c33-25-1-17-9-41-11-19-3-26(34)5-21(30(19)38)13-43-15-23-7-28(36)8-24(32(23)40)16-44-14-22-6-27(35)4-20(31(22)39)12-42-10-18(2-25)29(17)37/h1-8,37-40H,9-16H2. The van der Waals surface area contributed by atoms with Gasteiger partial charge in [0.2, 0.25) is 0 Å². The molecule has 0 spiro atoms. The molecule has 5 rings (SSSR count). The summed E-state index contributed by atoms with van der Waals surface area (Å²) in [4.78, 5) is 0. The van der Waals surface area contributed by atoms with Crippen molar-refractivity contribution in [3.05, 3.63) is 116 Å². The van der Waals surface area contributed by atoms with Gasteiger partial charge in [0.15, 0.2) is 0 Å². The minimum absolute atomic E-state index is 0.0554. The number of fused-ring (bicyclic) bond motifs is 8. The van der Waals surface area contributed by atoms with Gasteiger partial charge in [0, 0.05) is 44.5 Å². The summed E-state index contributed by atoms with van der Waals surface area (Å²) in [7, 11) is 0. The molecule has 4 N–H and O–H groups in total. The number of aromatic hydroxyl groups is 4. The van der Waals surface area contributed by atoms with Crippen molar-refractivity contribution in [2.45, 2.75) is 52.9 Å². The monoisotopic (exact) mass is 616 g/mol. The van der Waals surface area contributed by atoms with Crippen LogP contribution in [0.4, 0.5) is 17.6 Å². The Hall–Kier alpha value is -4.36. The quantitative estimate of drug-likeness (QED) is 0.172. The van der Waals surface area contributed by atoms with E-state index in [1.165, 1.54) is 0 Å². The number of rotatable bonds is 0. The second kappa shape index (κ2) is 13.5. The van der Waals surface area contributed by atoms with Gasteiger partial charge in [-0.15, -0.1) is 0 Å². The van der Waals surface area contributed by atoms with E-state index in [0.29, 0.717) is 0 Å². The van der Waals surface area contributed by atoms with Crippen molar-refractivity contribution in [3.8, 4) is 23.0 Å². The molecule has 8 nitrogen and oxygen atoms in total. The lowest BCUT2D eigenvalue weighted by atomic mass is 10.1. The molecule has 1 aliphatic rings. The summed E-state index contributed by atoms with van der Waals surface area (Å²) in [6.45, 7) is -2.50. The number of hydrogen-bond acceptors (Lipinski definition) is 8. The van der Waals surface area contributed by atoms with Crippen LogP contribution in [0.2, 0.25) is 0 Å². The van der Waals surface area contributed by atoms with E-state index in [0.717, 1.165) is 48.5 Å². The zero-order chi connectivity index (χ0) is 31.4. The predicted molar refractivity (Wildman–Crippen MR) is 146 cm³/mol. The molecular weight excluding hydrogens is 588 g/mol. The number of benzene rings is 4. The molecule has 44 heavy (non-hydrogen) atoms. The topological polar surface area (TPSA) is 118 Å². The van der Waals surface area contributed by atoms with E-state index in [4.69, 9.17) is 18.9 Å². The van der Waals surface area contributed by atoms with Gasteiger partial charge in [-0.1, -0.05) is 0 Å². The van der Waals surface area contributed by atoms with Gasteiger partial charge in [-0.3, -0.25) is 0 Å². The van der Waals surface area contributed by atoms with Crippen LogP contribution in [0.5, 0.6) is 23.0 Å². The highest BCUT2D eigenvalue weighted by Gasteiger charge is 2.17. The lowest BCUT2D eigenvalue weighted by molar-refractivity contribution is 0.0924. The molecule has 1 aliphatic heterocycles. The number of hydrogen-bond donors (Lipinski definition) is 4. The fraction of sp³-hybridized carbons (Fsp3) is 0.250. The minimum Gasteiger partial charge on any atom is -0.507 e. The van der Waals surface area contributed by atoms with Gasteiger partial charge < -0.3 is 39.4 Å². The van der Waals surface area contributed by atoms with Crippen molar-refractivity contribution >= 4 is 0 Å². The first-order valence-electron chi connectivity index (χ1n) is 13.4. The fourth-order valence-electron chi connectivity index (χ4n) is 4.83. The van der Waals surface area contributed by atoms with Crippen molar-refractivity contribution in [1.29, 1.82) is 0 Å². The average molecular weight is 617 g/mol. The smallest absolute Gasteiger partial charge is 0.126 e. The van der Waals surface area contributed by atoms with E-state index in [2.05, 4.69) is 0 Å². The first-order chi connectivity index (χ1) is 21.1. The molecule has 0 radical (unpaired) electrons. The molecule has 12 heteroatoms. The molecule has 1 heterocycles. The summed E-state index contributed by atoms with van der Waals surface area (Å²) in [6.07, 6.45) is 0. The highest BCUT2D eigenvalue weighted by molar-refractivity contribution is 5.44. The Balaban J connectivity index is 1.45. The lowest BCUT2D eigenvalue weighted by Crippen LogP contribution is -2.04. The van der Waals surface area contributed by atoms with E-state index in [1.54, 1.807) is 0 Å². The zero-order valence-corrected chi connectivity index (χ0v) is 23.2. The Kier molecular flexibility index (Phi) is 9.55. The van der Waals surface area contributed by atoms with Crippen LogP contribution in [0.3, 0.4) is 0 Å². The molecule has 0 atom stereocenters. The van der Waals surface area contributed by atoms with Crippen LogP contribution in [-0.2, 0) is 71.8 Å². The molecular formula is C32H28F4O8. The van der Waals surface area contributed by atoms with E-state index >= 15 is 0 Å². The summed E-state index contributed by atoms with van der Waals surface area (Å²) in [5.74, 6) is -4.07. The Bertz CT molecular complexity index is 1330. The van der Waals surface area contributed by atoms with Gasteiger partial charge >= 0.3 is 0 Å². The van der Waals surface area contributed by atoms with Crippen LogP contribution in [0.15, 0.2) is 48.5 Å². The van der Waals surface area contributed by atoms with Gasteiger partial charge in [-0.2, -0.15) is 0 Å². The maximum atomic E-state index is 14.4. The van der Waals surface area contributed by atoms with Gasteiger partial charge in [-0.05, 0) is 48.5 Å². The molecule has 232 valence electrons. The third-order valence-corrected chi connectivity index (χ3v) is 6.99. The van der Waals surface area contributed by atoms with Crippen LogP contribution in [0.25, 0.3) is 0 Å². The molecule has 0 amide bonds. The number of phenolic OH excluding ortho intramolecular Hbond substituents is 4. The Morgan fingerprint density at radius 3 is 0.591 bits per heavy atom. The molecule has 4 aromatic rings. The molecule has 0 saturated carbocycles.